The Balaban J connectivity index is 2.22. The van der Waals surface area contributed by atoms with Crippen molar-refractivity contribution in [1.82, 2.24) is 4.98 Å². The Hall–Kier alpha value is -0.910. The van der Waals surface area contributed by atoms with Gasteiger partial charge < -0.3 is 5.32 Å². The SMILES string of the molecule is O=C(Nc1ccncc1Br)c1ccc(Cl)c(Br)c1. The van der Waals surface area contributed by atoms with Gasteiger partial charge in [-0.1, -0.05) is 11.6 Å². The van der Waals surface area contributed by atoms with Gasteiger partial charge >= 0.3 is 0 Å². The van der Waals surface area contributed by atoms with Crippen LogP contribution in [-0.4, -0.2) is 10.9 Å². The summed E-state index contributed by atoms with van der Waals surface area (Å²) < 4.78 is 1.41. The molecular formula is C12H7Br2ClN2O. The van der Waals surface area contributed by atoms with Crippen LogP contribution in [0.4, 0.5) is 5.69 Å². The molecule has 2 aromatic rings. The lowest BCUT2D eigenvalue weighted by atomic mass is 10.2. The van der Waals surface area contributed by atoms with Gasteiger partial charge in [0.2, 0.25) is 0 Å². The van der Waals surface area contributed by atoms with Crippen molar-refractivity contribution >= 4 is 55.1 Å². The average molecular weight is 390 g/mol. The van der Waals surface area contributed by atoms with Crippen LogP contribution in [0.2, 0.25) is 5.02 Å². The largest absolute Gasteiger partial charge is 0.321 e. The Kier molecular flexibility index (Phi) is 4.37. The zero-order valence-electron chi connectivity index (χ0n) is 8.95. The van der Waals surface area contributed by atoms with Crippen molar-refractivity contribution in [1.29, 1.82) is 0 Å². The summed E-state index contributed by atoms with van der Waals surface area (Å²) >= 11 is 12.5. The van der Waals surface area contributed by atoms with Gasteiger partial charge in [0, 0.05) is 22.4 Å². The number of nitrogens with one attached hydrogen (secondary N) is 1. The van der Waals surface area contributed by atoms with Gasteiger partial charge in [-0.2, -0.15) is 0 Å². The summed E-state index contributed by atoms with van der Waals surface area (Å²) in [4.78, 5) is 15.9. The molecule has 0 fully saturated rings. The van der Waals surface area contributed by atoms with Crippen LogP contribution < -0.4 is 5.32 Å². The third-order valence-corrected chi connectivity index (χ3v) is 4.05. The van der Waals surface area contributed by atoms with Crippen LogP contribution >= 0.6 is 43.5 Å². The fourth-order valence-corrected chi connectivity index (χ4v) is 2.15. The highest BCUT2D eigenvalue weighted by molar-refractivity contribution is 9.11. The molecule has 0 spiro atoms. The molecule has 3 nitrogen and oxygen atoms in total. The van der Waals surface area contributed by atoms with Gasteiger partial charge in [0.05, 0.1) is 15.2 Å². The highest BCUT2D eigenvalue weighted by Crippen LogP contribution is 2.25. The van der Waals surface area contributed by atoms with Gasteiger partial charge in [0.1, 0.15) is 0 Å². The molecule has 0 saturated heterocycles. The van der Waals surface area contributed by atoms with Gasteiger partial charge in [-0.05, 0) is 56.1 Å². The number of hydrogen-bond donors (Lipinski definition) is 1. The van der Waals surface area contributed by atoms with E-state index in [2.05, 4.69) is 42.2 Å². The van der Waals surface area contributed by atoms with E-state index in [0.717, 1.165) is 4.47 Å². The quantitative estimate of drug-likeness (QED) is 0.820. The molecule has 0 aliphatic heterocycles. The number of amides is 1. The molecule has 18 heavy (non-hydrogen) atoms. The lowest BCUT2D eigenvalue weighted by Gasteiger charge is -2.07. The first-order valence-corrected chi connectivity index (χ1v) is 6.90. The standard InChI is InChI=1S/C12H7Br2ClN2O/c13-8-5-7(1-2-10(8)15)12(18)17-11-3-4-16-6-9(11)14/h1-6H,(H,16,17,18). The lowest BCUT2D eigenvalue weighted by molar-refractivity contribution is 0.102. The molecule has 1 amide bonds. The molecule has 1 aromatic heterocycles. The van der Waals surface area contributed by atoms with Crippen molar-refractivity contribution in [3.63, 3.8) is 0 Å². The van der Waals surface area contributed by atoms with Crippen LogP contribution in [-0.2, 0) is 0 Å². The minimum atomic E-state index is -0.209. The third kappa shape index (κ3) is 3.10. The second kappa shape index (κ2) is 5.82. The van der Waals surface area contributed by atoms with E-state index in [1.165, 1.54) is 0 Å². The molecule has 1 N–H and O–H groups in total. The molecule has 0 saturated carbocycles. The molecule has 6 heteroatoms. The first-order valence-electron chi connectivity index (χ1n) is 4.94. The van der Waals surface area contributed by atoms with Crippen LogP contribution in [0.5, 0.6) is 0 Å². The number of carbonyl (C=O) groups is 1. The molecule has 0 aliphatic rings. The minimum absolute atomic E-state index is 0.209. The number of hydrogen-bond acceptors (Lipinski definition) is 2. The van der Waals surface area contributed by atoms with Crippen molar-refractivity contribution in [2.75, 3.05) is 5.32 Å². The predicted molar refractivity (Wildman–Crippen MR) is 79.0 cm³/mol. The van der Waals surface area contributed by atoms with E-state index in [9.17, 15) is 4.79 Å². The van der Waals surface area contributed by atoms with E-state index < -0.39 is 0 Å². The number of carbonyl (C=O) groups excluding carboxylic acids is 1. The maximum atomic E-state index is 12.0. The van der Waals surface area contributed by atoms with Crippen LogP contribution in [0.15, 0.2) is 45.6 Å². The van der Waals surface area contributed by atoms with Crippen molar-refractivity contribution < 1.29 is 4.79 Å². The van der Waals surface area contributed by atoms with Gasteiger partial charge in [-0.25, -0.2) is 0 Å². The molecule has 1 aromatic carbocycles. The normalized spacial score (nSPS) is 10.2. The number of aromatic nitrogens is 1. The summed E-state index contributed by atoms with van der Waals surface area (Å²) in [6.07, 6.45) is 3.23. The van der Waals surface area contributed by atoms with Gasteiger partial charge in [0.15, 0.2) is 0 Å². The molecule has 2 rings (SSSR count). The highest BCUT2D eigenvalue weighted by Gasteiger charge is 2.09. The Morgan fingerprint density at radius 3 is 2.67 bits per heavy atom. The number of pyridine rings is 1. The highest BCUT2D eigenvalue weighted by atomic mass is 79.9. The lowest BCUT2D eigenvalue weighted by Crippen LogP contribution is -2.12. The van der Waals surface area contributed by atoms with Crippen molar-refractivity contribution in [3.8, 4) is 0 Å². The van der Waals surface area contributed by atoms with Crippen LogP contribution in [0, 0.1) is 0 Å². The van der Waals surface area contributed by atoms with E-state index >= 15 is 0 Å². The van der Waals surface area contributed by atoms with Crippen LogP contribution in [0.1, 0.15) is 10.4 Å². The summed E-state index contributed by atoms with van der Waals surface area (Å²) in [5.41, 5.74) is 1.19. The third-order valence-electron chi connectivity index (χ3n) is 2.20. The first-order chi connectivity index (χ1) is 8.58. The fraction of sp³-hybridized carbons (Fsp3) is 0. The number of benzene rings is 1. The van der Waals surface area contributed by atoms with Gasteiger partial charge in [0.25, 0.3) is 5.91 Å². The molecule has 0 bridgehead atoms. The monoisotopic (exact) mass is 388 g/mol. The number of halogens is 3. The van der Waals surface area contributed by atoms with E-state index in [4.69, 9.17) is 11.6 Å². The zero-order chi connectivity index (χ0) is 13.1. The zero-order valence-corrected chi connectivity index (χ0v) is 12.9. The number of rotatable bonds is 2. The molecule has 0 unspecified atom stereocenters. The maximum absolute atomic E-state index is 12.0. The number of anilines is 1. The first kappa shape index (κ1) is 13.5. The fourth-order valence-electron chi connectivity index (χ4n) is 1.31. The Morgan fingerprint density at radius 2 is 2.00 bits per heavy atom. The summed E-state index contributed by atoms with van der Waals surface area (Å²) in [6, 6.07) is 6.72. The maximum Gasteiger partial charge on any atom is 0.255 e. The second-order valence-corrected chi connectivity index (χ2v) is 5.55. The molecule has 0 atom stereocenters. The Morgan fingerprint density at radius 1 is 1.22 bits per heavy atom. The summed E-state index contributed by atoms with van der Waals surface area (Å²) in [5, 5.41) is 3.35. The summed E-state index contributed by atoms with van der Waals surface area (Å²) in [6.45, 7) is 0. The van der Waals surface area contributed by atoms with E-state index in [0.29, 0.717) is 20.7 Å². The molecule has 0 radical (unpaired) electrons. The predicted octanol–water partition coefficient (Wildman–Crippen LogP) is 4.51. The summed E-state index contributed by atoms with van der Waals surface area (Å²) in [7, 11) is 0. The van der Waals surface area contributed by atoms with E-state index in [1.807, 2.05) is 0 Å². The Labute approximate surface area is 126 Å². The molecular weight excluding hydrogens is 383 g/mol. The summed E-state index contributed by atoms with van der Waals surface area (Å²) in [5.74, 6) is -0.209. The van der Waals surface area contributed by atoms with Crippen molar-refractivity contribution in [2.24, 2.45) is 0 Å². The molecule has 0 aliphatic carbocycles. The van der Waals surface area contributed by atoms with Crippen LogP contribution in [0.25, 0.3) is 0 Å². The Bertz CT molecular complexity index is 604. The average Bonchev–Trinajstić information content (AvgIpc) is 2.35. The molecule has 92 valence electrons. The van der Waals surface area contributed by atoms with Crippen LogP contribution in [0.3, 0.4) is 0 Å². The second-order valence-electron chi connectivity index (χ2n) is 3.44. The topological polar surface area (TPSA) is 42.0 Å². The molecule has 1 heterocycles. The van der Waals surface area contributed by atoms with Gasteiger partial charge in [-0.3, -0.25) is 9.78 Å². The van der Waals surface area contributed by atoms with E-state index in [1.54, 1.807) is 36.7 Å². The number of nitrogens with zero attached hydrogens (tertiary/aromatic N) is 1. The van der Waals surface area contributed by atoms with Crippen molar-refractivity contribution in [2.45, 2.75) is 0 Å². The van der Waals surface area contributed by atoms with Gasteiger partial charge in [-0.15, -0.1) is 0 Å². The van der Waals surface area contributed by atoms with Crippen molar-refractivity contribution in [3.05, 3.63) is 56.2 Å². The smallest absolute Gasteiger partial charge is 0.255 e. The van der Waals surface area contributed by atoms with E-state index in [-0.39, 0.29) is 5.91 Å². The minimum Gasteiger partial charge on any atom is -0.321 e.